The van der Waals surface area contributed by atoms with E-state index in [1.54, 1.807) is 98.8 Å². The van der Waals surface area contributed by atoms with Gasteiger partial charge in [-0.25, -0.2) is 23.0 Å². The van der Waals surface area contributed by atoms with Crippen LogP contribution >= 0.6 is 0 Å². The zero-order valence-electron chi connectivity index (χ0n) is 42.0. The Bertz CT molecular complexity index is 3330. The lowest BCUT2D eigenvalue weighted by molar-refractivity contribution is -0.176. The highest BCUT2D eigenvalue weighted by molar-refractivity contribution is 6.04. The monoisotopic (exact) mass is 1030 g/mol. The van der Waals surface area contributed by atoms with Gasteiger partial charge in [-0.15, -0.1) is 0 Å². The van der Waals surface area contributed by atoms with Crippen molar-refractivity contribution in [1.82, 2.24) is 36.3 Å². The van der Waals surface area contributed by atoms with Crippen molar-refractivity contribution in [2.75, 3.05) is 23.7 Å². The van der Waals surface area contributed by atoms with Crippen LogP contribution in [-0.2, 0) is 0 Å². The molecule has 0 spiro atoms. The minimum absolute atomic E-state index is 0. The number of hydrogen-bond donors (Lipinski definition) is 8. The number of carbonyl (C=O) groups is 3. The molecule has 2 atom stereocenters. The van der Waals surface area contributed by atoms with E-state index < -0.39 is 29.4 Å². The molecular formula is C58H59F2N11O5. The fourth-order valence-corrected chi connectivity index (χ4v) is 8.57. The number of hydrogen-bond acceptors (Lipinski definition) is 10. The second-order valence-electron chi connectivity index (χ2n) is 18.5. The average Bonchev–Trinajstić information content (AvgIpc) is 4.38. The van der Waals surface area contributed by atoms with E-state index in [4.69, 9.17) is 22.8 Å². The predicted octanol–water partition coefficient (Wildman–Crippen LogP) is 11.2. The second-order valence-corrected chi connectivity index (χ2v) is 18.5. The number of aryl methyl sites for hydroxylation is 2. The topological polar surface area (TPSA) is 241 Å². The van der Waals surface area contributed by atoms with Crippen molar-refractivity contribution < 1.29 is 33.7 Å². The first-order valence-electron chi connectivity index (χ1n) is 24.4. The molecule has 2 aliphatic carbocycles. The van der Waals surface area contributed by atoms with E-state index >= 15 is 0 Å². The summed E-state index contributed by atoms with van der Waals surface area (Å²) in [5, 5.41) is 33.5. The molecule has 2 aromatic heterocycles. The fourth-order valence-electron chi connectivity index (χ4n) is 8.57. The van der Waals surface area contributed by atoms with Gasteiger partial charge in [0.2, 0.25) is 5.91 Å². The van der Waals surface area contributed by atoms with E-state index in [-0.39, 0.29) is 41.0 Å². The number of nitrogens with one attached hydrogen (secondary N) is 4. The van der Waals surface area contributed by atoms with E-state index in [2.05, 4.69) is 36.3 Å². The minimum atomic E-state index is -0.584. The zero-order chi connectivity index (χ0) is 53.0. The first kappa shape index (κ1) is 55.1. The number of nitrogens with zero attached hydrogens (tertiary/aromatic N) is 5. The summed E-state index contributed by atoms with van der Waals surface area (Å²) in [4.78, 5) is 41.7. The highest BCUT2D eigenvalue weighted by Gasteiger charge is 2.27. The summed E-state index contributed by atoms with van der Waals surface area (Å²) >= 11 is 0. The lowest BCUT2D eigenvalue weighted by Crippen LogP contribution is -2.25. The van der Waals surface area contributed by atoms with Gasteiger partial charge in [0.05, 0.1) is 52.8 Å². The van der Waals surface area contributed by atoms with Crippen LogP contribution in [0.1, 0.15) is 103 Å². The van der Waals surface area contributed by atoms with Crippen molar-refractivity contribution in [1.29, 1.82) is 0 Å². The SMILES string of the molecule is Cc1cc(C(=O)Nc2cc(C(NCC3CC3)c3ccccc3)ccc2F)n(-c2cccc(C(N)=O)c2)n1.N.OO.[C-]#[N+]c1cccc(-n2nc(C)cc2C(=O)Nc2cc(C(NCC3CC3)c3ccccc3)ccc2F)c1. The van der Waals surface area contributed by atoms with Crippen molar-refractivity contribution in [2.45, 2.75) is 51.6 Å². The van der Waals surface area contributed by atoms with Crippen molar-refractivity contribution in [3.8, 4) is 11.4 Å². The first-order valence-corrected chi connectivity index (χ1v) is 24.4. The van der Waals surface area contributed by atoms with E-state index in [0.29, 0.717) is 45.8 Å². The van der Waals surface area contributed by atoms with Crippen molar-refractivity contribution in [3.05, 3.63) is 231 Å². The molecule has 2 saturated carbocycles. The molecule has 3 amide bonds. The Morgan fingerprint density at radius 1 is 0.605 bits per heavy atom. The third-order valence-corrected chi connectivity index (χ3v) is 12.7. The summed E-state index contributed by atoms with van der Waals surface area (Å²) in [5.74, 6) is -1.30. The standard InChI is InChI=1S/C29H28FN5O2.C29H26FN5O.H3N.H2O2/c1-18-14-26(35(34-18)23-9-5-8-22(15-23)28(31)36)29(37)33-25-16-21(12-13-24(25)30)27(32-17-19-10-11-19)20-6-3-2-4-7-20;1-19-15-27(35(34-19)24-10-6-9-23(17-24)31-2)29(36)33-26-16-22(13-14-25(26)30)28(32-18-20-11-12-20)21-7-4-3-5-8-21;;1-2/h2-9,12-16,19,27,32H,10-11,17H2,1H3,(H2,31,36)(H,33,37);3-10,13-17,20,28,32H,11-12,18H2,1H3,(H,33,36);1H3;1-2H. The van der Waals surface area contributed by atoms with Crippen LogP contribution in [0, 0.1) is 43.9 Å². The highest BCUT2D eigenvalue weighted by Crippen LogP contribution is 2.33. The van der Waals surface area contributed by atoms with Crippen LogP contribution in [0.2, 0.25) is 0 Å². The van der Waals surface area contributed by atoms with Crippen molar-refractivity contribution in [3.63, 3.8) is 0 Å². The Morgan fingerprint density at radius 2 is 1.04 bits per heavy atom. The van der Waals surface area contributed by atoms with Gasteiger partial charge in [0.1, 0.15) is 23.0 Å². The zero-order valence-corrected chi connectivity index (χ0v) is 42.0. The molecular weight excluding hydrogens is 969 g/mol. The summed E-state index contributed by atoms with van der Waals surface area (Å²) in [6.07, 6.45) is 4.89. The summed E-state index contributed by atoms with van der Waals surface area (Å²) in [7, 11) is 0. The van der Waals surface area contributed by atoms with Gasteiger partial charge in [-0.05, 0) is 153 Å². The predicted molar refractivity (Wildman–Crippen MR) is 288 cm³/mol. The summed E-state index contributed by atoms with van der Waals surface area (Å²) in [6.45, 7) is 12.6. The van der Waals surface area contributed by atoms with Gasteiger partial charge in [-0.3, -0.25) is 24.9 Å². The molecule has 0 aliphatic heterocycles. The summed E-state index contributed by atoms with van der Waals surface area (Å²) in [6, 6.07) is 46.0. The normalized spacial score (nSPS) is 13.3. The van der Waals surface area contributed by atoms with Crippen LogP contribution in [0.5, 0.6) is 0 Å². The number of aromatic nitrogens is 4. The molecule has 390 valence electrons. The number of anilines is 2. The molecule has 10 rings (SSSR count). The molecule has 2 heterocycles. The molecule has 11 N–H and O–H groups in total. The van der Waals surface area contributed by atoms with Crippen LogP contribution in [-0.4, -0.2) is 60.9 Å². The fraction of sp³-hybridized carbons (Fsp3) is 0.207. The number of benzene rings is 6. The smallest absolute Gasteiger partial charge is 0.274 e. The van der Waals surface area contributed by atoms with Gasteiger partial charge in [0, 0.05) is 5.56 Å². The average molecular weight is 1030 g/mol. The van der Waals surface area contributed by atoms with Gasteiger partial charge < -0.3 is 33.2 Å². The molecule has 0 saturated heterocycles. The molecule has 16 nitrogen and oxygen atoms in total. The van der Waals surface area contributed by atoms with Crippen molar-refractivity contribution >= 4 is 34.8 Å². The maximum atomic E-state index is 14.9. The molecule has 2 aliphatic rings. The Balaban J connectivity index is 0.000000212. The Morgan fingerprint density at radius 3 is 1.46 bits per heavy atom. The van der Waals surface area contributed by atoms with Crippen LogP contribution in [0.4, 0.5) is 25.8 Å². The van der Waals surface area contributed by atoms with Gasteiger partial charge >= 0.3 is 0 Å². The molecule has 0 radical (unpaired) electrons. The molecule has 6 aromatic carbocycles. The molecule has 0 bridgehead atoms. The summed E-state index contributed by atoms with van der Waals surface area (Å²) < 4.78 is 32.7. The second kappa shape index (κ2) is 25.5. The Hall–Kier alpha value is -8.70. The largest absolute Gasteiger partial charge is 0.366 e. The number of carbonyl (C=O) groups excluding carboxylic acids is 3. The third-order valence-electron chi connectivity index (χ3n) is 12.7. The Labute approximate surface area is 438 Å². The van der Waals surface area contributed by atoms with Crippen LogP contribution in [0.15, 0.2) is 158 Å². The van der Waals surface area contributed by atoms with Crippen LogP contribution in [0.25, 0.3) is 16.2 Å². The first-order chi connectivity index (χ1) is 36.4. The number of primary amides is 1. The lowest BCUT2D eigenvalue weighted by atomic mass is 9.97. The van der Waals surface area contributed by atoms with E-state index in [1.165, 1.54) is 47.2 Å². The van der Waals surface area contributed by atoms with Crippen LogP contribution in [0.3, 0.4) is 0 Å². The van der Waals surface area contributed by atoms with Crippen molar-refractivity contribution in [2.24, 2.45) is 17.6 Å². The quantitative estimate of drug-likeness (QED) is 0.0244. The number of halogens is 2. The third kappa shape index (κ3) is 13.9. The number of rotatable bonds is 17. The molecule has 76 heavy (non-hydrogen) atoms. The molecule has 2 unspecified atom stereocenters. The van der Waals surface area contributed by atoms with E-state index in [1.807, 2.05) is 60.7 Å². The van der Waals surface area contributed by atoms with Gasteiger partial charge in [0.25, 0.3) is 11.8 Å². The maximum absolute atomic E-state index is 14.9. The molecule has 2 fully saturated rings. The van der Waals surface area contributed by atoms with Gasteiger partial charge in [-0.2, -0.15) is 10.2 Å². The van der Waals surface area contributed by atoms with E-state index in [9.17, 15) is 23.2 Å². The lowest BCUT2D eigenvalue weighted by Gasteiger charge is -2.21. The number of amides is 3. The highest BCUT2D eigenvalue weighted by atomic mass is 19.1. The van der Waals surface area contributed by atoms with Gasteiger partial charge in [0.15, 0.2) is 5.69 Å². The minimum Gasteiger partial charge on any atom is -0.366 e. The van der Waals surface area contributed by atoms with Gasteiger partial charge in [-0.1, -0.05) is 91.0 Å². The maximum Gasteiger partial charge on any atom is 0.274 e. The summed E-state index contributed by atoms with van der Waals surface area (Å²) in [5.41, 5.74) is 13.0. The molecule has 18 heteroatoms. The molecule has 8 aromatic rings. The van der Waals surface area contributed by atoms with Crippen LogP contribution < -0.4 is 33.2 Å². The Kier molecular flexibility index (Phi) is 18.5. The number of nitrogens with two attached hydrogens (primary N) is 1. The van der Waals surface area contributed by atoms with E-state index in [0.717, 1.165) is 35.3 Å².